The van der Waals surface area contributed by atoms with Crippen molar-refractivity contribution in [3.05, 3.63) is 158 Å². The van der Waals surface area contributed by atoms with Gasteiger partial charge in [0.2, 0.25) is 17.8 Å². The fraction of sp³-hybridized carbons (Fsp3) is 0.368. The van der Waals surface area contributed by atoms with Gasteiger partial charge in [0.05, 0.1) is 12.7 Å². The number of allylic oxidation sites excluding steroid dienone is 1. The van der Waals surface area contributed by atoms with E-state index in [2.05, 4.69) is 136 Å². The number of aromatic nitrogens is 8. The zero-order valence-electron chi connectivity index (χ0n) is 53.5. The fourth-order valence-corrected chi connectivity index (χ4v) is 11.0. The van der Waals surface area contributed by atoms with Crippen LogP contribution in [0.5, 0.6) is 0 Å². The molecular formula is C68H87N19O3. The number of nitrogens with one attached hydrogen (secondary N) is 8. The third-order valence-corrected chi connectivity index (χ3v) is 16.1. The van der Waals surface area contributed by atoms with Gasteiger partial charge in [0, 0.05) is 99.8 Å². The number of anilines is 10. The molecule has 22 nitrogen and oxygen atoms in total. The number of nitrogens with zero attached hydrogens (tertiary/aromatic N) is 11. The molecule has 22 heteroatoms. The summed E-state index contributed by atoms with van der Waals surface area (Å²) in [6, 6.07) is 31.2. The highest BCUT2D eigenvalue weighted by molar-refractivity contribution is 6.06. The van der Waals surface area contributed by atoms with Crippen molar-refractivity contribution in [2.24, 2.45) is 0 Å². The van der Waals surface area contributed by atoms with Crippen molar-refractivity contribution >= 4 is 97.7 Å². The van der Waals surface area contributed by atoms with Crippen LogP contribution in [0.2, 0.25) is 0 Å². The lowest BCUT2D eigenvalue weighted by Crippen LogP contribution is -2.36. The van der Waals surface area contributed by atoms with Crippen molar-refractivity contribution in [2.75, 3.05) is 91.4 Å². The minimum Gasteiger partial charge on any atom is -0.356 e. The van der Waals surface area contributed by atoms with Crippen molar-refractivity contribution in [1.29, 1.82) is 0 Å². The van der Waals surface area contributed by atoms with E-state index in [-0.39, 0.29) is 29.8 Å². The summed E-state index contributed by atoms with van der Waals surface area (Å²) in [5.74, 6) is 1.68. The first kappa shape index (κ1) is 64.9. The molecule has 0 spiro atoms. The Morgan fingerprint density at radius 3 is 1.34 bits per heavy atom. The molecule has 90 heavy (non-hydrogen) atoms. The van der Waals surface area contributed by atoms with E-state index in [0.29, 0.717) is 99.2 Å². The molecule has 2 saturated carbocycles. The average Bonchev–Trinajstić information content (AvgIpc) is 1.68. The van der Waals surface area contributed by atoms with Crippen molar-refractivity contribution in [2.45, 2.75) is 115 Å². The molecule has 0 aliphatic heterocycles. The lowest BCUT2D eigenvalue weighted by molar-refractivity contribution is -0.111. The highest BCUT2D eigenvalue weighted by Gasteiger charge is 2.26. The molecule has 0 bridgehead atoms. The first-order chi connectivity index (χ1) is 43.2. The first-order valence-electron chi connectivity index (χ1n) is 30.9. The molecule has 2 aliphatic rings. The lowest BCUT2D eigenvalue weighted by atomic mass is 9.91. The molecule has 8 N–H and O–H groups in total. The minimum atomic E-state index is -0.263. The van der Waals surface area contributed by atoms with Gasteiger partial charge in [-0.15, -0.1) is 0 Å². The molecule has 4 aromatic carbocycles. The van der Waals surface area contributed by atoms with E-state index < -0.39 is 0 Å². The van der Waals surface area contributed by atoms with Gasteiger partial charge in [-0.3, -0.25) is 14.4 Å². The second-order valence-corrected chi connectivity index (χ2v) is 24.3. The summed E-state index contributed by atoms with van der Waals surface area (Å²) in [5, 5.41) is 25.9. The van der Waals surface area contributed by atoms with E-state index in [0.717, 1.165) is 79.7 Å². The monoisotopic (exact) mass is 1220 g/mol. The number of benzene rings is 4. The predicted molar refractivity (Wildman–Crippen MR) is 366 cm³/mol. The highest BCUT2D eigenvalue weighted by atomic mass is 16.2. The van der Waals surface area contributed by atoms with E-state index in [1.165, 1.54) is 6.08 Å². The maximum absolute atomic E-state index is 13.1. The Morgan fingerprint density at radius 2 is 0.956 bits per heavy atom. The van der Waals surface area contributed by atoms with Crippen LogP contribution >= 0.6 is 0 Å². The molecule has 0 saturated heterocycles. The van der Waals surface area contributed by atoms with Crippen LogP contribution in [0.1, 0.15) is 112 Å². The van der Waals surface area contributed by atoms with Gasteiger partial charge in [0.15, 0.2) is 34.0 Å². The van der Waals surface area contributed by atoms with Crippen molar-refractivity contribution < 1.29 is 14.4 Å². The van der Waals surface area contributed by atoms with Gasteiger partial charge in [-0.2, -0.15) is 19.9 Å². The molecule has 3 amide bonds. The molecule has 472 valence electrons. The summed E-state index contributed by atoms with van der Waals surface area (Å²) in [4.78, 5) is 73.6. The largest absolute Gasteiger partial charge is 0.356 e. The average molecular weight is 1220 g/mol. The van der Waals surface area contributed by atoms with E-state index in [4.69, 9.17) is 19.9 Å². The molecule has 2 fully saturated rings. The number of carbonyl (C=O) groups is 3. The number of amides is 3. The maximum atomic E-state index is 13.1. The predicted octanol–water partition coefficient (Wildman–Crippen LogP) is 12.5. The Labute approximate surface area is 528 Å². The van der Waals surface area contributed by atoms with E-state index in [1.54, 1.807) is 54.9 Å². The third kappa shape index (κ3) is 17.4. The summed E-state index contributed by atoms with van der Waals surface area (Å²) in [5.41, 5.74) is 8.85. The summed E-state index contributed by atoms with van der Waals surface area (Å²) in [6.45, 7) is 16.6. The normalized spacial score (nSPS) is 16.7. The Bertz CT molecular complexity index is 3800. The third-order valence-electron chi connectivity index (χ3n) is 16.1. The number of fused-ring (bicyclic) bond motifs is 2. The number of imidazole rings is 2. The van der Waals surface area contributed by atoms with Crippen LogP contribution in [-0.2, 0) is 4.79 Å². The van der Waals surface area contributed by atoms with Gasteiger partial charge in [-0.1, -0.05) is 31.4 Å². The van der Waals surface area contributed by atoms with Crippen LogP contribution in [-0.4, -0.2) is 144 Å². The highest BCUT2D eigenvalue weighted by Crippen LogP contribution is 2.32. The Hall–Kier alpha value is -9.51. The lowest BCUT2D eigenvalue weighted by Gasteiger charge is -2.33. The van der Waals surface area contributed by atoms with Gasteiger partial charge < -0.3 is 66.4 Å². The Kier molecular flexibility index (Phi) is 21.7. The van der Waals surface area contributed by atoms with Gasteiger partial charge in [0.1, 0.15) is 0 Å². The first-order valence-corrected chi connectivity index (χ1v) is 30.9. The molecule has 4 aromatic heterocycles. The van der Waals surface area contributed by atoms with Crippen LogP contribution in [0.3, 0.4) is 0 Å². The van der Waals surface area contributed by atoms with E-state index in [1.807, 2.05) is 90.6 Å². The van der Waals surface area contributed by atoms with Crippen molar-refractivity contribution in [1.82, 2.24) is 53.7 Å². The van der Waals surface area contributed by atoms with Crippen molar-refractivity contribution in [3.63, 3.8) is 0 Å². The SMILES string of the molecule is C=CC(=C)Nc1ccc(C(=O)Nc2cccc(Nc3nc(NC4CCC(N(C)C)CC4)nc4c3ncn4C(C)C)c2)cc1.CC(C)n1cnc2c(Nc3cccc(NC(=O)c4ccc(NC(=O)/C=C/CN(C)C)cc4)c3)nc(NC3CCC(N(C)C)CC3)nc21. The van der Waals surface area contributed by atoms with Gasteiger partial charge in [-0.05, 0) is 212 Å². The number of likely N-dealkylation sites (N-methyl/N-ethyl adjacent to an activating group) is 1. The maximum Gasteiger partial charge on any atom is 0.255 e. The molecule has 8 aromatic rings. The summed E-state index contributed by atoms with van der Waals surface area (Å²) >= 11 is 0. The number of carbonyl (C=O) groups excluding carboxylic acids is 3. The quantitative estimate of drug-likeness (QED) is 0.0219. The van der Waals surface area contributed by atoms with Gasteiger partial charge in [-0.25, -0.2) is 9.97 Å². The Morgan fingerprint density at radius 1 is 0.544 bits per heavy atom. The molecule has 0 atom stereocenters. The molecule has 0 radical (unpaired) electrons. The topological polar surface area (TPSA) is 244 Å². The van der Waals surface area contributed by atoms with Crippen LogP contribution in [0.15, 0.2) is 147 Å². The smallest absolute Gasteiger partial charge is 0.255 e. The summed E-state index contributed by atoms with van der Waals surface area (Å²) in [7, 11) is 12.5. The number of rotatable bonds is 23. The van der Waals surface area contributed by atoms with Crippen molar-refractivity contribution in [3.8, 4) is 0 Å². The van der Waals surface area contributed by atoms with E-state index >= 15 is 0 Å². The second-order valence-electron chi connectivity index (χ2n) is 24.3. The van der Waals surface area contributed by atoms with Gasteiger partial charge >= 0.3 is 0 Å². The van der Waals surface area contributed by atoms with Crippen LogP contribution in [0, 0.1) is 0 Å². The number of hydrogen-bond donors (Lipinski definition) is 8. The molecule has 2 aliphatic carbocycles. The fourth-order valence-electron chi connectivity index (χ4n) is 11.0. The van der Waals surface area contributed by atoms with E-state index in [9.17, 15) is 14.4 Å². The molecular weight excluding hydrogens is 1130 g/mol. The number of hydrogen-bond acceptors (Lipinski definition) is 17. The molecule has 4 heterocycles. The van der Waals surface area contributed by atoms with Crippen LogP contribution < -0.4 is 42.5 Å². The Balaban J connectivity index is 0.000000214. The summed E-state index contributed by atoms with van der Waals surface area (Å²) < 4.78 is 4.10. The zero-order chi connectivity index (χ0) is 64.0. The second kappa shape index (κ2) is 30.1. The van der Waals surface area contributed by atoms with Crippen LogP contribution in [0.4, 0.5) is 57.7 Å². The van der Waals surface area contributed by atoms with Crippen LogP contribution in [0.25, 0.3) is 22.3 Å². The molecule has 10 rings (SSSR count). The van der Waals surface area contributed by atoms with Gasteiger partial charge in [0.25, 0.3) is 11.8 Å². The summed E-state index contributed by atoms with van der Waals surface area (Å²) in [6.07, 6.45) is 17.4. The zero-order valence-corrected chi connectivity index (χ0v) is 53.5. The molecule has 0 unspecified atom stereocenters. The standard InChI is InChI=1S/C35H46N10O2.C33H41N9O/c1-23(2)45-22-36-31-32(41-35(42-33(31)45)40-26-16-18-29(19-17-26)44(5)6)38-27-9-7-10-28(21-27)39-34(47)24-12-14-25(15-13-24)37-30(46)11-8-20-43(3)4;1-7-22(4)35-24-13-11-23(12-14-24)32(43)37-27-10-8-9-26(19-27)36-30-29-31(42(20-34-29)21(2)3)40-33(39-30)38-25-15-17-28(18-16-25)41(5)6/h7-15,21-23,26,29H,16-20H2,1-6H3,(H,37,46)(H,39,47)(H2,38,40,41,42);7-14,19-21,25,28,35H,1,4,15-18H2,2-3,5-6H3,(H,37,43)(H2,36,38,39,40)/b11-8+;. The minimum absolute atomic E-state index is 0.180.